The average Bonchev–Trinajstić information content (AvgIpc) is 2.28. The number of ether oxygens (including phenoxy) is 1. The van der Waals surface area contributed by atoms with E-state index in [4.69, 9.17) is 16.3 Å². The molecule has 2 atom stereocenters. The number of methoxy groups -OCH3 is 1. The Morgan fingerprint density at radius 3 is 2.75 bits per heavy atom. The van der Waals surface area contributed by atoms with Crippen molar-refractivity contribution in [2.75, 3.05) is 13.7 Å². The largest absolute Gasteiger partial charge is 0.383 e. The van der Waals surface area contributed by atoms with Gasteiger partial charge in [0.2, 0.25) is 0 Å². The van der Waals surface area contributed by atoms with Gasteiger partial charge in [-0.05, 0) is 31.0 Å². The maximum Gasteiger partial charge on any atom is 0.0615 e. The Hall–Kier alpha value is -0.570. The summed E-state index contributed by atoms with van der Waals surface area (Å²) in [5.41, 5.74) is 1.21. The molecule has 2 nitrogen and oxygen atoms in total. The maximum absolute atomic E-state index is 5.97. The SMILES string of the molecule is CCC(COC)N[C@H](C)c1cccc(Cl)c1. The molecule has 0 aromatic heterocycles. The molecule has 0 aliphatic heterocycles. The van der Waals surface area contributed by atoms with Gasteiger partial charge in [0.05, 0.1) is 6.61 Å². The van der Waals surface area contributed by atoms with Gasteiger partial charge in [-0.25, -0.2) is 0 Å². The summed E-state index contributed by atoms with van der Waals surface area (Å²) in [5, 5.41) is 4.31. The van der Waals surface area contributed by atoms with Gasteiger partial charge in [0, 0.05) is 24.2 Å². The highest BCUT2D eigenvalue weighted by Crippen LogP contribution is 2.18. The summed E-state index contributed by atoms with van der Waals surface area (Å²) in [6, 6.07) is 8.64. The van der Waals surface area contributed by atoms with Crippen molar-refractivity contribution in [2.45, 2.75) is 32.4 Å². The lowest BCUT2D eigenvalue weighted by molar-refractivity contribution is 0.159. The van der Waals surface area contributed by atoms with Gasteiger partial charge in [0.25, 0.3) is 0 Å². The van der Waals surface area contributed by atoms with E-state index in [0.717, 1.165) is 18.1 Å². The molecule has 0 aliphatic carbocycles. The van der Waals surface area contributed by atoms with E-state index in [0.29, 0.717) is 12.1 Å². The van der Waals surface area contributed by atoms with Gasteiger partial charge in [0.15, 0.2) is 0 Å². The normalized spacial score (nSPS) is 14.8. The van der Waals surface area contributed by atoms with Crippen LogP contribution < -0.4 is 5.32 Å². The quantitative estimate of drug-likeness (QED) is 0.824. The number of hydrogen-bond donors (Lipinski definition) is 1. The van der Waals surface area contributed by atoms with Crippen LogP contribution in [0.3, 0.4) is 0 Å². The van der Waals surface area contributed by atoms with Crippen molar-refractivity contribution in [3.8, 4) is 0 Å². The fourth-order valence-electron chi connectivity index (χ4n) is 1.71. The minimum Gasteiger partial charge on any atom is -0.383 e. The molecule has 0 saturated carbocycles. The molecule has 1 unspecified atom stereocenters. The summed E-state index contributed by atoms with van der Waals surface area (Å²) in [7, 11) is 1.73. The molecule has 0 spiro atoms. The van der Waals surface area contributed by atoms with E-state index in [1.54, 1.807) is 7.11 Å². The fraction of sp³-hybridized carbons (Fsp3) is 0.538. The van der Waals surface area contributed by atoms with Crippen LogP contribution in [0.5, 0.6) is 0 Å². The van der Waals surface area contributed by atoms with E-state index in [1.165, 1.54) is 5.56 Å². The van der Waals surface area contributed by atoms with Crippen molar-refractivity contribution in [3.05, 3.63) is 34.9 Å². The van der Waals surface area contributed by atoms with Crippen LogP contribution in [0.1, 0.15) is 31.9 Å². The van der Waals surface area contributed by atoms with Gasteiger partial charge in [0.1, 0.15) is 0 Å². The van der Waals surface area contributed by atoms with Crippen molar-refractivity contribution in [1.82, 2.24) is 5.32 Å². The van der Waals surface area contributed by atoms with E-state index in [-0.39, 0.29) is 0 Å². The number of hydrogen-bond acceptors (Lipinski definition) is 2. The highest BCUT2D eigenvalue weighted by molar-refractivity contribution is 6.30. The van der Waals surface area contributed by atoms with Crippen molar-refractivity contribution < 1.29 is 4.74 Å². The van der Waals surface area contributed by atoms with Gasteiger partial charge in [-0.1, -0.05) is 30.7 Å². The van der Waals surface area contributed by atoms with E-state index in [1.807, 2.05) is 18.2 Å². The molecule has 1 aromatic carbocycles. The zero-order valence-corrected chi connectivity index (χ0v) is 10.9. The molecule has 0 aliphatic rings. The third-order valence-electron chi connectivity index (χ3n) is 2.70. The monoisotopic (exact) mass is 241 g/mol. The first-order valence-electron chi connectivity index (χ1n) is 5.67. The first-order valence-corrected chi connectivity index (χ1v) is 6.05. The average molecular weight is 242 g/mol. The van der Waals surface area contributed by atoms with E-state index < -0.39 is 0 Å². The highest BCUT2D eigenvalue weighted by atomic mass is 35.5. The number of nitrogens with one attached hydrogen (secondary N) is 1. The minimum absolute atomic E-state index is 0.291. The fourth-order valence-corrected chi connectivity index (χ4v) is 1.91. The Labute approximate surface area is 103 Å². The lowest BCUT2D eigenvalue weighted by Crippen LogP contribution is -2.34. The Morgan fingerprint density at radius 1 is 1.44 bits per heavy atom. The molecule has 1 N–H and O–H groups in total. The number of benzene rings is 1. The van der Waals surface area contributed by atoms with Gasteiger partial charge in [-0.3, -0.25) is 0 Å². The smallest absolute Gasteiger partial charge is 0.0615 e. The third-order valence-corrected chi connectivity index (χ3v) is 2.93. The first kappa shape index (κ1) is 13.5. The van der Waals surface area contributed by atoms with Crippen LogP contribution in [0.4, 0.5) is 0 Å². The predicted molar refractivity (Wildman–Crippen MR) is 69.0 cm³/mol. The van der Waals surface area contributed by atoms with E-state index in [9.17, 15) is 0 Å². The minimum atomic E-state index is 0.291. The Bertz CT molecular complexity index is 317. The first-order chi connectivity index (χ1) is 7.67. The molecule has 1 rings (SSSR count). The summed E-state index contributed by atoms with van der Waals surface area (Å²) in [4.78, 5) is 0. The molecule has 0 bridgehead atoms. The van der Waals surface area contributed by atoms with E-state index in [2.05, 4.69) is 25.2 Å². The molecule has 1 aromatic rings. The van der Waals surface area contributed by atoms with Gasteiger partial charge in [-0.2, -0.15) is 0 Å². The van der Waals surface area contributed by atoms with E-state index >= 15 is 0 Å². The summed E-state index contributed by atoms with van der Waals surface area (Å²) in [6.45, 7) is 5.03. The maximum atomic E-state index is 5.97. The Kier molecular flexibility index (Phi) is 5.81. The van der Waals surface area contributed by atoms with Gasteiger partial charge >= 0.3 is 0 Å². The van der Waals surface area contributed by atoms with Gasteiger partial charge in [-0.15, -0.1) is 0 Å². The van der Waals surface area contributed by atoms with Crippen molar-refractivity contribution in [3.63, 3.8) is 0 Å². The number of rotatable bonds is 6. The second kappa shape index (κ2) is 6.89. The second-order valence-electron chi connectivity index (χ2n) is 4.00. The third kappa shape index (κ3) is 4.12. The standard InChI is InChI=1S/C13H20ClNO/c1-4-13(9-16-3)15-10(2)11-6-5-7-12(14)8-11/h5-8,10,13,15H,4,9H2,1-3H3/t10-,13?/m1/s1. The zero-order valence-electron chi connectivity index (χ0n) is 10.2. The molecule has 0 fully saturated rings. The molecule has 90 valence electrons. The van der Waals surface area contributed by atoms with Crippen LogP contribution in [0.15, 0.2) is 24.3 Å². The predicted octanol–water partition coefficient (Wildman–Crippen LogP) is 3.42. The summed E-state index contributed by atoms with van der Waals surface area (Å²) in [6.07, 6.45) is 1.05. The molecule has 0 saturated heterocycles. The second-order valence-corrected chi connectivity index (χ2v) is 4.44. The van der Waals surface area contributed by atoms with Crippen molar-refractivity contribution in [1.29, 1.82) is 0 Å². The molecule has 3 heteroatoms. The Morgan fingerprint density at radius 2 is 2.19 bits per heavy atom. The summed E-state index contributed by atoms with van der Waals surface area (Å²) in [5.74, 6) is 0. The van der Waals surface area contributed by atoms with Crippen LogP contribution in [0, 0.1) is 0 Å². The molecule has 16 heavy (non-hydrogen) atoms. The van der Waals surface area contributed by atoms with Crippen LogP contribution in [0.2, 0.25) is 5.02 Å². The molecular formula is C13H20ClNO. The summed E-state index contributed by atoms with van der Waals surface area (Å²) >= 11 is 5.97. The molecule has 0 radical (unpaired) electrons. The van der Waals surface area contributed by atoms with Crippen molar-refractivity contribution in [2.24, 2.45) is 0 Å². The molecule has 0 heterocycles. The van der Waals surface area contributed by atoms with Crippen LogP contribution >= 0.6 is 11.6 Å². The number of halogens is 1. The zero-order chi connectivity index (χ0) is 12.0. The lowest BCUT2D eigenvalue weighted by Gasteiger charge is -2.22. The molecular weight excluding hydrogens is 222 g/mol. The summed E-state index contributed by atoms with van der Waals surface area (Å²) < 4.78 is 5.17. The highest BCUT2D eigenvalue weighted by Gasteiger charge is 2.11. The van der Waals surface area contributed by atoms with Gasteiger partial charge < -0.3 is 10.1 Å². The topological polar surface area (TPSA) is 21.3 Å². The van der Waals surface area contributed by atoms with Crippen LogP contribution in [0.25, 0.3) is 0 Å². The molecule has 0 amide bonds. The van der Waals surface area contributed by atoms with Crippen molar-refractivity contribution >= 4 is 11.6 Å². The Balaban J connectivity index is 2.60. The van der Waals surface area contributed by atoms with Crippen LogP contribution in [-0.4, -0.2) is 19.8 Å². The lowest BCUT2D eigenvalue weighted by atomic mass is 10.1. The van der Waals surface area contributed by atoms with Crippen LogP contribution in [-0.2, 0) is 4.74 Å².